The molecule has 0 saturated heterocycles. The minimum Gasteiger partial charge on any atom is -0.390 e. The Morgan fingerprint density at radius 2 is 2.21 bits per heavy atom. The summed E-state index contributed by atoms with van der Waals surface area (Å²) in [6.07, 6.45) is 0.790. The molecule has 2 rings (SSSR count). The molecule has 0 aliphatic carbocycles. The van der Waals surface area contributed by atoms with Crippen LogP contribution in [0.25, 0.3) is 0 Å². The van der Waals surface area contributed by atoms with Gasteiger partial charge in [-0.2, -0.15) is 0 Å². The third-order valence-corrected chi connectivity index (χ3v) is 4.11. The fourth-order valence-electron chi connectivity index (χ4n) is 2.04. The third-order valence-electron chi connectivity index (χ3n) is 2.90. The Morgan fingerprint density at radius 1 is 1.47 bits per heavy atom. The highest BCUT2D eigenvalue weighted by atomic mass is 35.5. The quantitative estimate of drug-likeness (QED) is 0.895. The van der Waals surface area contributed by atoms with Gasteiger partial charge in [0.1, 0.15) is 0 Å². The Morgan fingerprint density at radius 3 is 2.84 bits per heavy atom. The largest absolute Gasteiger partial charge is 0.390 e. The van der Waals surface area contributed by atoms with E-state index in [9.17, 15) is 4.79 Å². The first-order valence-corrected chi connectivity index (χ1v) is 7.17. The van der Waals surface area contributed by atoms with E-state index < -0.39 is 0 Å². The van der Waals surface area contributed by atoms with E-state index in [2.05, 4.69) is 5.32 Å². The van der Waals surface area contributed by atoms with Gasteiger partial charge in [-0.15, -0.1) is 11.3 Å². The standard InChI is InChI=1S/C14H15ClN2OS/c1-3-11-8(2)19-13(16)12(11)14(18)17-10-6-4-5-9(15)7-10/h4-7H,3,16H2,1-2H3,(H,17,18). The van der Waals surface area contributed by atoms with Crippen LogP contribution in [0.3, 0.4) is 0 Å². The number of nitrogen functional groups attached to an aromatic ring is 1. The Bertz CT molecular complexity index is 622. The lowest BCUT2D eigenvalue weighted by Gasteiger charge is -2.07. The molecular formula is C14H15ClN2OS. The molecule has 1 amide bonds. The van der Waals surface area contributed by atoms with Crippen LogP contribution in [0.2, 0.25) is 5.02 Å². The molecule has 100 valence electrons. The molecule has 0 saturated carbocycles. The summed E-state index contributed by atoms with van der Waals surface area (Å²) in [5.41, 5.74) is 8.21. The summed E-state index contributed by atoms with van der Waals surface area (Å²) in [6.45, 7) is 4.00. The summed E-state index contributed by atoms with van der Waals surface area (Å²) < 4.78 is 0. The van der Waals surface area contributed by atoms with Gasteiger partial charge < -0.3 is 11.1 Å². The van der Waals surface area contributed by atoms with E-state index in [1.54, 1.807) is 24.3 Å². The maximum atomic E-state index is 12.3. The number of aryl methyl sites for hydroxylation is 1. The predicted octanol–water partition coefficient (Wildman–Crippen LogP) is 4.11. The van der Waals surface area contributed by atoms with Gasteiger partial charge in [-0.1, -0.05) is 24.6 Å². The topological polar surface area (TPSA) is 55.1 Å². The molecule has 1 aromatic carbocycles. The number of nitrogens with one attached hydrogen (secondary N) is 1. The number of benzene rings is 1. The number of nitrogens with two attached hydrogens (primary N) is 1. The third kappa shape index (κ3) is 2.91. The minimum absolute atomic E-state index is 0.180. The lowest BCUT2D eigenvalue weighted by atomic mass is 10.1. The van der Waals surface area contributed by atoms with Crippen molar-refractivity contribution in [1.29, 1.82) is 0 Å². The SMILES string of the molecule is CCc1c(C)sc(N)c1C(=O)Nc1cccc(Cl)c1. The smallest absolute Gasteiger partial charge is 0.258 e. The number of rotatable bonds is 3. The van der Waals surface area contributed by atoms with Gasteiger partial charge in [0.25, 0.3) is 5.91 Å². The normalized spacial score (nSPS) is 10.5. The molecule has 19 heavy (non-hydrogen) atoms. The molecule has 0 fully saturated rings. The molecule has 0 aliphatic rings. The molecule has 0 radical (unpaired) electrons. The highest BCUT2D eigenvalue weighted by Gasteiger charge is 2.19. The van der Waals surface area contributed by atoms with Crippen molar-refractivity contribution in [2.75, 3.05) is 11.1 Å². The number of thiophene rings is 1. The maximum Gasteiger partial charge on any atom is 0.258 e. The Labute approximate surface area is 121 Å². The summed E-state index contributed by atoms with van der Waals surface area (Å²) in [4.78, 5) is 13.4. The van der Waals surface area contributed by atoms with E-state index >= 15 is 0 Å². The summed E-state index contributed by atoms with van der Waals surface area (Å²) in [5, 5.41) is 3.98. The van der Waals surface area contributed by atoms with Gasteiger partial charge in [0.2, 0.25) is 0 Å². The first-order valence-electron chi connectivity index (χ1n) is 5.97. The van der Waals surface area contributed by atoms with Crippen LogP contribution in [-0.2, 0) is 6.42 Å². The van der Waals surface area contributed by atoms with Gasteiger partial charge in [0.15, 0.2) is 0 Å². The lowest BCUT2D eigenvalue weighted by molar-refractivity contribution is 0.102. The van der Waals surface area contributed by atoms with Crippen LogP contribution in [0.15, 0.2) is 24.3 Å². The van der Waals surface area contributed by atoms with Crippen molar-refractivity contribution in [2.24, 2.45) is 0 Å². The van der Waals surface area contributed by atoms with Crippen molar-refractivity contribution in [1.82, 2.24) is 0 Å². The maximum absolute atomic E-state index is 12.3. The van der Waals surface area contributed by atoms with Crippen molar-refractivity contribution >= 4 is 39.5 Å². The zero-order valence-corrected chi connectivity index (χ0v) is 12.4. The van der Waals surface area contributed by atoms with Gasteiger partial charge in [-0.25, -0.2) is 0 Å². The van der Waals surface area contributed by atoms with Crippen molar-refractivity contribution in [3.63, 3.8) is 0 Å². The lowest BCUT2D eigenvalue weighted by Crippen LogP contribution is -2.14. The molecule has 1 aromatic heterocycles. The zero-order chi connectivity index (χ0) is 14.0. The first-order chi connectivity index (χ1) is 9.02. The molecule has 0 atom stereocenters. The van der Waals surface area contributed by atoms with Gasteiger partial charge in [0.05, 0.1) is 10.6 Å². The first kappa shape index (κ1) is 13.9. The molecule has 0 unspecified atom stereocenters. The van der Waals surface area contributed by atoms with E-state index in [1.807, 2.05) is 13.8 Å². The minimum atomic E-state index is -0.180. The second-order valence-corrected chi connectivity index (χ2v) is 5.89. The second kappa shape index (κ2) is 5.63. The van der Waals surface area contributed by atoms with Crippen molar-refractivity contribution in [3.05, 3.63) is 45.3 Å². The van der Waals surface area contributed by atoms with Crippen LogP contribution in [0, 0.1) is 6.92 Å². The number of halogens is 1. The number of carbonyl (C=O) groups excluding carboxylic acids is 1. The Hall–Kier alpha value is -1.52. The van der Waals surface area contributed by atoms with Crippen LogP contribution >= 0.6 is 22.9 Å². The van der Waals surface area contributed by atoms with E-state index in [1.165, 1.54) is 11.3 Å². The van der Waals surface area contributed by atoms with Crippen LogP contribution < -0.4 is 11.1 Å². The molecule has 0 spiro atoms. The Balaban J connectivity index is 2.30. The highest BCUT2D eigenvalue weighted by molar-refractivity contribution is 7.16. The van der Waals surface area contributed by atoms with Crippen molar-refractivity contribution in [3.8, 4) is 0 Å². The second-order valence-electron chi connectivity index (χ2n) is 4.19. The Kier molecular flexibility index (Phi) is 4.12. The summed E-state index contributed by atoms with van der Waals surface area (Å²) in [5.74, 6) is -0.180. The van der Waals surface area contributed by atoms with Crippen LogP contribution in [0.1, 0.15) is 27.7 Å². The fourth-order valence-corrected chi connectivity index (χ4v) is 3.24. The molecule has 1 heterocycles. The van der Waals surface area contributed by atoms with Gasteiger partial charge >= 0.3 is 0 Å². The number of amides is 1. The fraction of sp³-hybridized carbons (Fsp3) is 0.214. The zero-order valence-electron chi connectivity index (χ0n) is 10.8. The summed E-state index contributed by atoms with van der Waals surface area (Å²) in [7, 11) is 0. The number of hydrogen-bond acceptors (Lipinski definition) is 3. The van der Waals surface area contributed by atoms with E-state index in [0.717, 1.165) is 16.9 Å². The number of carbonyl (C=O) groups is 1. The average molecular weight is 295 g/mol. The van der Waals surface area contributed by atoms with Gasteiger partial charge in [-0.3, -0.25) is 4.79 Å². The molecule has 3 N–H and O–H groups in total. The summed E-state index contributed by atoms with van der Waals surface area (Å²) in [6, 6.07) is 7.06. The molecule has 2 aromatic rings. The molecule has 5 heteroatoms. The van der Waals surface area contributed by atoms with E-state index in [-0.39, 0.29) is 5.91 Å². The van der Waals surface area contributed by atoms with Crippen LogP contribution in [-0.4, -0.2) is 5.91 Å². The highest BCUT2D eigenvalue weighted by Crippen LogP contribution is 2.31. The van der Waals surface area contributed by atoms with E-state index in [0.29, 0.717) is 21.3 Å². The summed E-state index contributed by atoms with van der Waals surface area (Å²) >= 11 is 7.35. The predicted molar refractivity (Wildman–Crippen MR) is 82.3 cm³/mol. The van der Waals surface area contributed by atoms with Gasteiger partial charge in [0, 0.05) is 15.6 Å². The van der Waals surface area contributed by atoms with Gasteiger partial charge in [-0.05, 0) is 37.1 Å². The number of hydrogen-bond donors (Lipinski definition) is 2. The van der Waals surface area contributed by atoms with Crippen molar-refractivity contribution in [2.45, 2.75) is 20.3 Å². The molecule has 3 nitrogen and oxygen atoms in total. The van der Waals surface area contributed by atoms with Crippen LogP contribution in [0.5, 0.6) is 0 Å². The van der Waals surface area contributed by atoms with E-state index in [4.69, 9.17) is 17.3 Å². The average Bonchev–Trinajstić information content (AvgIpc) is 2.63. The molecule has 0 bridgehead atoms. The monoisotopic (exact) mass is 294 g/mol. The molecule has 0 aliphatic heterocycles. The van der Waals surface area contributed by atoms with Crippen LogP contribution in [0.4, 0.5) is 10.7 Å². The van der Waals surface area contributed by atoms with Crippen molar-refractivity contribution < 1.29 is 4.79 Å². The molecular weight excluding hydrogens is 280 g/mol. The number of anilines is 2.